The summed E-state index contributed by atoms with van der Waals surface area (Å²) >= 11 is 0. The number of nitrogens with zero attached hydrogens (tertiary/aromatic N) is 3. The van der Waals surface area contributed by atoms with Gasteiger partial charge in [0.25, 0.3) is 0 Å². The highest BCUT2D eigenvalue weighted by molar-refractivity contribution is 5.35. The van der Waals surface area contributed by atoms with Crippen molar-refractivity contribution in [2.75, 3.05) is 13.6 Å². The molecular weight excluding hydrogens is 152 g/mol. The Labute approximate surface area is 70.8 Å². The van der Waals surface area contributed by atoms with Crippen molar-refractivity contribution in [3.63, 3.8) is 0 Å². The molecule has 4 heteroatoms. The number of aromatic nitrogens is 2. The van der Waals surface area contributed by atoms with E-state index in [1.165, 1.54) is 0 Å². The molecule has 0 saturated heterocycles. The molecule has 0 amide bonds. The van der Waals surface area contributed by atoms with Gasteiger partial charge in [-0.05, 0) is 7.05 Å². The first-order valence-electron chi connectivity index (χ1n) is 3.96. The van der Waals surface area contributed by atoms with Gasteiger partial charge in [0.15, 0.2) is 5.69 Å². The van der Waals surface area contributed by atoms with Crippen molar-refractivity contribution in [2.45, 2.75) is 13.0 Å². The molecule has 2 rings (SSSR count). The normalized spacial score (nSPS) is 17.0. The van der Waals surface area contributed by atoms with Crippen molar-refractivity contribution >= 4 is 0 Å². The summed E-state index contributed by atoms with van der Waals surface area (Å²) in [7, 11) is 2.05. The van der Waals surface area contributed by atoms with Crippen molar-refractivity contribution < 1.29 is 0 Å². The highest BCUT2D eigenvalue weighted by Crippen LogP contribution is 2.17. The second kappa shape index (κ2) is 2.61. The van der Waals surface area contributed by atoms with Crippen molar-refractivity contribution in [1.29, 1.82) is 5.26 Å². The van der Waals surface area contributed by atoms with Gasteiger partial charge in [-0.3, -0.25) is 5.10 Å². The van der Waals surface area contributed by atoms with Crippen LogP contribution in [0.3, 0.4) is 0 Å². The summed E-state index contributed by atoms with van der Waals surface area (Å²) in [4.78, 5) is 2.19. The number of rotatable bonds is 0. The first-order valence-corrected chi connectivity index (χ1v) is 3.96. The number of nitriles is 1. The Morgan fingerprint density at radius 3 is 3.25 bits per heavy atom. The van der Waals surface area contributed by atoms with Crippen LogP contribution in [-0.2, 0) is 13.0 Å². The second-order valence-corrected chi connectivity index (χ2v) is 3.13. The van der Waals surface area contributed by atoms with Gasteiger partial charge in [0.05, 0.1) is 0 Å². The van der Waals surface area contributed by atoms with Gasteiger partial charge in [-0.15, -0.1) is 0 Å². The summed E-state index contributed by atoms with van der Waals surface area (Å²) < 4.78 is 0. The van der Waals surface area contributed by atoms with Crippen molar-refractivity contribution in [3.8, 4) is 6.07 Å². The summed E-state index contributed by atoms with van der Waals surface area (Å²) in [5.74, 6) is 0. The smallest absolute Gasteiger partial charge is 0.167 e. The predicted molar refractivity (Wildman–Crippen MR) is 43.3 cm³/mol. The Morgan fingerprint density at radius 2 is 2.50 bits per heavy atom. The molecule has 1 aromatic rings. The Balaban J connectivity index is 2.42. The molecule has 0 bridgehead atoms. The summed E-state index contributed by atoms with van der Waals surface area (Å²) in [6.45, 7) is 1.88. The standard InChI is InChI=1S/C8H10N4/c1-12-3-2-7-6(5-12)8(4-9)11-10-7/h2-3,5H2,1H3,(H,10,11). The van der Waals surface area contributed by atoms with E-state index >= 15 is 0 Å². The fourth-order valence-corrected chi connectivity index (χ4v) is 1.52. The molecule has 0 atom stereocenters. The third-order valence-electron chi connectivity index (χ3n) is 2.23. The molecule has 0 aliphatic carbocycles. The molecule has 0 aromatic carbocycles. The molecule has 1 N–H and O–H groups in total. The fraction of sp³-hybridized carbons (Fsp3) is 0.500. The van der Waals surface area contributed by atoms with E-state index in [9.17, 15) is 0 Å². The van der Waals surface area contributed by atoms with E-state index in [0.717, 1.165) is 30.8 Å². The zero-order valence-corrected chi connectivity index (χ0v) is 6.96. The van der Waals surface area contributed by atoms with Gasteiger partial charge in [-0.25, -0.2) is 0 Å². The predicted octanol–water partition coefficient (Wildman–Crippen LogP) is 0.269. The molecule has 0 radical (unpaired) electrons. The van der Waals surface area contributed by atoms with Crippen LogP contribution >= 0.6 is 0 Å². The highest BCUT2D eigenvalue weighted by atomic mass is 15.2. The average Bonchev–Trinajstić information content (AvgIpc) is 2.46. The molecule has 4 nitrogen and oxygen atoms in total. The molecule has 2 heterocycles. The summed E-state index contributed by atoms with van der Waals surface area (Å²) in [5, 5.41) is 15.6. The molecule has 0 spiro atoms. The van der Waals surface area contributed by atoms with Gasteiger partial charge < -0.3 is 4.90 Å². The van der Waals surface area contributed by atoms with Gasteiger partial charge in [0, 0.05) is 30.8 Å². The maximum absolute atomic E-state index is 8.72. The maximum Gasteiger partial charge on any atom is 0.167 e. The largest absolute Gasteiger partial charge is 0.302 e. The SMILES string of the molecule is CN1CCc2[nH]nc(C#N)c2C1. The number of hydrogen-bond acceptors (Lipinski definition) is 3. The van der Waals surface area contributed by atoms with Crippen LogP contribution in [0.15, 0.2) is 0 Å². The van der Waals surface area contributed by atoms with Crippen LogP contribution in [0.25, 0.3) is 0 Å². The van der Waals surface area contributed by atoms with E-state index in [2.05, 4.69) is 28.2 Å². The number of hydrogen-bond donors (Lipinski definition) is 1. The Hall–Kier alpha value is -1.34. The molecule has 0 saturated carbocycles. The van der Waals surface area contributed by atoms with Crippen LogP contribution in [-0.4, -0.2) is 28.7 Å². The van der Waals surface area contributed by atoms with Crippen molar-refractivity contribution in [3.05, 3.63) is 17.0 Å². The molecule has 1 aliphatic rings. The van der Waals surface area contributed by atoms with Crippen molar-refractivity contribution in [2.24, 2.45) is 0 Å². The summed E-state index contributed by atoms with van der Waals surface area (Å²) in [6.07, 6.45) is 0.973. The van der Waals surface area contributed by atoms with Crippen LogP contribution < -0.4 is 0 Å². The summed E-state index contributed by atoms with van der Waals surface area (Å²) in [5.41, 5.74) is 2.76. The van der Waals surface area contributed by atoms with E-state index in [0.29, 0.717) is 5.69 Å². The Kier molecular flexibility index (Phi) is 1.59. The van der Waals surface area contributed by atoms with Crippen LogP contribution in [0.5, 0.6) is 0 Å². The number of nitrogens with one attached hydrogen (secondary N) is 1. The molecule has 1 aliphatic heterocycles. The molecule has 12 heavy (non-hydrogen) atoms. The molecule has 0 fully saturated rings. The zero-order valence-electron chi connectivity index (χ0n) is 6.96. The molecule has 1 aromatic heterocycles. The quantitative estimate of drug-likeness (QED) is 0.595. The van der Waals surface area contributed by atoms with Crippen LogP contribution in [0.4, 0.5) is 0 Å². The number of aromatic amines is 1. The number of fused-ring (bicyclic) bond motifs is 1. The van der Waals surface area contributed by atoms with Gasteiger partial charge in [-0.1, -0.05) is 0 Å². The van der Waals surface area contributed by atoms with Gasteiger partial charge >= 0.3 is 0 Å². The monoisotopic (exact) mass is 162 g/mol. The van der Waals surface area contributed by atoms with E-state index in [-0.39, 0.29) is 0 Å². The highest BCUT2D eigenvalue weighted by Gasteiger charge is 2.18. The number of likely N-dealkylation sites (N-methyl/N-ethyl adjacent to an activating group) is 1. The second-order valence-electron chi connectivity index (χ2n) is 3.13. The molecular formula is C8H10N4. The molecule has 62 valence electrons. The third-order valence-corrected chi connectivity index (χ3v) is 2.23. The average molecular weight is 162 g/mol. The van der Waals surface area contributed by atoms with Gasteiger partial charge in [0.1, 0.15) is 6.07 Å². The Bertz CT molecular complexity index is 333. The fourth-order valence-electron chi connectivity index (χ4n) is 1.52. The maximum atomic E-state index is 8.72. The van der Waals surface area contributed by atoms with Gasteiger partial charge in [-0.2, -0.15) is 10.4 Å². The van der Waals surface area contributed by atoms with Gasteiger partial charge in [0.2, 0.25) is 0 Å². The summed E-state index contributed by atoms with van der Waals surface area (Å²) in [6, 6.07) is 2.09. The minimum absolute atomic E-state index is 0.552. The van der Waals surface area contributed by atoms with E-state index in [1.54, 1.807) is 0 Å². The number of H-pyrrole nitrogens is 1. The first kappa shape index (κ1) is 7.32. The zero-order chi connectivity index (χ0) is 8.55. The lowest BCUT2D eigenvalue weighted by atomic mass is 10.1. The minimum atomic E-state index is 0.552. The van der Waals surface area contributed by atoms with Crippen LogP contribution in [0.1, 0.15) is 17.0 Å². The van der Waals surface area contributed by atoms with E-state index in [1.807, 2.05) is 0 Å². The van der Waals surface area contributed by atoms with Crippen LogP contribution in [0, 0.1) is 11.3 Å². The lowest BCUT2D eigenvalue weighted by Gasteiger charge is -2.21. The third kappa shape index (κ3) is 0.990. The molecule has 0 unspecified atom stereocenters. The van der Waals surface area contributed by atoms with E-state index in [4.69, 9.17) is 5.26 Å². The lowest BCUT2D eigenvalue weighted by molar-refractivity contribution is 0.311. The van der Waals surface area contributed by atoms with E-state index < -0.39 is 0 Å². The van der Waals surface area contributed by atoms with Crippen LogP contribution in [0.2, 0.25) is 0 Å². The van der Waals surface area contributed by atoms with Crippen molar-refractivity contribution in [1.82, 2.24) is 15.1 Å². The Morgan fingerprint density at radius 1 is 1.67 bits per heavy atom. The topological polar surface area (TPSA) is 55.7 Å². The minimum Gasteiger partial charge on any atom is -0.302 e. The first-order chi connectivity index (χ1) is 5.81. The lowest BCUT2D eigenvalue weighted by Crippen LogP contribution is -2.26.